The Kier molecular flexibility index (Phi) is 6.40. The predicted molar refractivity (Wildman–Crippen MR) is 105 cm³/mol. The Bertz CT molecular complexity index is 986. The smallest absolute Gasteiger partial charge is 0.329 e. The third-order valence-corrected chi connectivity index (χ3v) is 6.31. The molecule has 0 unspecified atom stereocenters. The molecule has 0 heterocycles. The van der Waals surface area contributed by atoms with Crippen molar-refractivity contribution in [3.8, 4) is 0 Å². The van der Waals surface area contributed by atoms with Crippen LogP contribution in [0.5, 0.6) is 0 Å². The molecule has 0 bridgehead atoms. The van der Waals surface area contributed by atoms with Crippen LogP contribution < -0.4 is 4.31 Å². The number of aryl methyl sites for hydroxylation is 2. The molecule has 0 aromatic heterocycles. The zero-order valence-corrected chi connectivity index (χ0v) is 16.9. The van der Waals surface area contributed by atoms with Crippen molar-refractivity contribution in [2.45, 2.75) is 38.1 Å². The number of esters is 1. The number of nitrogens with zero attached hydrogens (tertiary/aromatic N) is 2. The van der Waals surface area contributed by atoms with E-state index in [1.165, 1.54) is 14.0 Å². The second-order valence-electron chi connectivity index (χ2n) is 6.19. The summed E-state index contributed by atoms with van der Waals surface area (Å²) < 4.78 is 32.7. The van der Waals surface area contributed by atoms with Crippen LogP contribution >= 0.6 is 0 Å². The molecule has 0 spiro atoms. The van der Waals surface area contributed by atoms with Crippen LogP contribution in [0.4, 0.5) is 11.4 Å². The summed E-state index contributed by atoms with van der Waals surface area (Å²) >= 11 is 0. The lowest BCUT2D eigenvalue weighted by Gasteiger charge is -2.31. The lowest BCUT2D eigenvalue weighted by atomic mass is 10.1. The van der Waals surface area contributed by atoms with Crippen LogP contribution in [0, 0.1) is 17.0 Å². The van der Waals surface area contributed by atoms with Gasteiger partial charge in [0.25, 0.3) is 15.7 Å². The first-order valence-electron chi connectivity index (χ1n) is 8.60. The number of carbonyl (C=O) groups is 1. The van der Waals surface area contributed by atoms with Gasteiger partial charge in [0.1, 0.15) is 6.04 Å². The maximum absolute atomic E-state index is 13.4. The Morgan fingerprint density at radius 1 is 1.21 bits per heavy atom. The van der Waals surface area contributed by atoms with Crippen LogP contribution in [-0.4, -0.2) is 32.5 Å². The summed E-state index contributed by atoms with van der Waals surface area (Å²) in [7, 11) is -3.01. The summed E-state index contributed by atoms with van der Waals surface area (Å²) in [4.78, 5) is 22.3. The standard InChI is InChI=1S/C19H22N2O6S/c1-5-15-8-6-7-13(2)18(15)20(14(3)19(22)27-4)28(25,26)17-11-9-16(10-12-17)21(23)24/h6-12,14H,5H2,1-4H3/t14-/m1/s1. The van der Waals surface area contributed by atoms with E-state index < -0.39 is 27.0 Å². The highest BCUT2D eigenvalue weighted by Gasteiger charge is 2.36. The van der Waals surface area contributed by atoms with Crippen molar-refractivity contribution in [1.82, 2.24) is 0 Å². The first kappa shape index (κ1) is 21.4. The Labute approximate surface area is 163 Å². The van der Waals surface area contributed by atoms with Gasteiger partial charge in [0.2, 0.25) is 0 Å². The minimum Gasteiger partial charge on any atom is -0.467 e. The number of anilines is 1. The number of nitro benzene ring substituents is 1. The van der Waals surface area contributed by atoms with Crippen molar-refractivity contribution in [3.63, 3.8) is 0 Å². The average Bonchev–Trinajstić information content (AvgIpc) is 2.68. The molecule has 0 amide bonds. The molecule has 2 aromatic rings. The summed E-state index contributed by atoms with van der Waals surface area (Å²) in [5, 5.41) is 10.9. The van der Waals surface area contributed by atoms with E-state index in [0.29, 0.717) is 17.7 Å². The topological polar surface area (TPSA) is 107 Å². The molecule has 0 aliphatic heterocycles. The zero-order valence-electron chi connectivity index (χ0n) is 16.1. The van der Waals surface area contributed by atoms with Gasteiger partial charge in [-0.15, -0.1) is 0 Å². The Hall–Kier alpha value is -2.94. The number of ether oxygens (including phenoxy) is 1. The second kappa shape index (κ2) is 8.39. The van der Waals surface area contributed by atoms with E-state index in [1.54, 1.807) is 19.1 Å². The van der Waals surface area contributed by atoms with Gasteiger partial charge in [-0.05, 0) is 43.5 Å². The summed E-state index contributed by atoms with van der Waals surface area (Å²) in [6.07, 6.45) is 0.553. The molecule has 2 rings (SSSR count). The van der Waals surface area contributed by atoms with Gasteiger partial charge in [-0.25, -0.2) is 13.2 Å². The van der Waals surface area contributed by atoms with Gasteiger partial charge in [-0.2, -0.15) is 0 Å². The van der Waals surface area contributed by atoms with Gasteiger partial charge in [0, 0.05) is 12.1 Å². The monoisotopic (exact) mass is 406 g/mol. The second-order valence-corrected chi connectivity index (χ2v) is 8.00. The normalized spacial score (nSPS) is 12.3. The molecule has 9 heteroatoms. The molecule has 0 fully saturated rings. The molecule has 0 aliphatic carbocycles. The lowest BCUT2D eigenvalue weighted by Crippen LogP contribution is -2.44. The van der Waals surface area contributed by atoms with Gasteiger partial charge in [-0.3, -0.25) is 14.4 Å². The Balaban J connectivity index is 2.72. The molecule has 0 aliphatic rings. The van der Waals surface area contributed by atoms with Crippen molar-refractivity contribution in [3.05, 3.63) is 63.7 Å². The summed E-state index contributed by atoms with van der Waals surface area (Å²) in [6, 6.07) is 8.80. The number of rotatable bonds is 7. The molecule has 28 heavy (non-hydrogen) atoms. The van der Waals surface area contributed by atoms with Gasteiger partial charge in [-0.1, -0.05) is 25.1 Å². The molecular weight excluding hydrogens is 384 g/mol. The minimum absolute atomic E-state index is 0.154. The van der Waals surface area contributed by atoms with E-state index >= 15 is 0 Å². The van der Waals surface area contributed by atoms with Gasteiger partial charge >= 0.3 is 5.97 Å². The van der Waals surface area contributed by atoms with Crippen LogP contribution in [0.15, 0.2) is 47.4 Å². The fourth-order valence-electron chi connectivity index (χ4n) is 2.96. The highest BCUT2D eigenvalue weighted by molar-refractivity contribution is 7.93. The van der Waals surface area contributed by atoms with E-state index in [2.05, 4.69) is 0 Å². The summed E-state index contributed by atoms with van der Waals surface area (Å²) in [5.74, 6) is -0.712. The number of non-ortho nitro benzene ring substituents is 1. The van der Waals surface area contributed by atoms with Crippen molar-refractivity contribution in [2.75, 3.05) is 11.4 Å². The molecule has 150 valence electrons. The van der Waals surface area contributed by atoms with Crippen molar-refractivity contribution < 1.29 is 22.9 Å². The highest BCUT2D eigenvalue weighted by Crippen LogP contribution is 2.33. The van der Waals surface area contributed by atoms with Crippen LogP contribution in [-0.2, 0) is 26.0 Å². The van der Waals surface area contributed by atoms with Crippen molar-refractivity contribution in [2.24, 2.45) is 0 Å². The van der Waals surface area contributed by atoms with Crippen LogP contribution in [0.3, 0.4) is 0 Å². The molecule has 0 radical (unpaired) electrons. The minimum atomic E-state index is -4.20. The molecule has 8 nitrogen and oxygen atoms in total. The van der Waals surface area contributed by atoms with E-state index in [-0.39, 0.29) is 10.6 Å². The van der Waals surface area contributed by atoms with Gasteiger partial charge in [0.15, 0.2) is 0 Å². The zero-order chi connectivity index (χ0) is 21.1. The summed E-state index contributed by atoms with van der Waals surface area (Å²) in [6.45, 7) is 5.09. The largest absolute Gasteiger partial charge is 0.467 e. The number of methoxy groups -OCH3 is 1. The molecule has 0 saturated heterocycles. The number of hydrogen-bond acceptors (Lipinski definition) is 6. The van der Waals surface area contributed by atoms with E-state index in [0.717, 1.165) is 34.1 Å². The number of benzene rings is 2. The van der Waals surface area contributed by atoms with Crippen LogP contribution in [0.1, 0.15) is 25.0 Å². The summed E-state index contributed by atoms with van der Waals surface area (Å²) in [5.41, 5.74) is 1.61. The van der Waals surface area contributed by atoms with E-state index in [9.17, 15) is 23.3 Å². The Morgan fingerprint density at radius 3 is 2.32 bits per heavy atom. The van der Waals surface area contributed by atoms with Crippen molar-refractivity contribution in [1.29, 1.82) is 0 Å². The molecule has 0 N–H and O–H groups in total. The third-order valence-electron chi connectivity index (χ3n) is 4.42. The van der Waals surface area contributed by atoms with Crippen LogP contribution in [0.2, 0.25) is 0 Å². The SMILES string of the molecule is CCc1cccc(C)c1N([C@H](C)C(=O)OC)S(=O)(=O)c1ccc([N+](=O)[O-])cc1. The number of hydrogen-bond donors (Lipinski definition) is 0. The highest BCUT2D eigenvalue weighted by atomic mass is 32.2. The maximum atomic E-state index is 13.4. The van der Waals surface area contributed by atoms with E-state index in [1.807, 2.05) is 13.0 Å². The quantitative estimate of drug-likeness (QED) is 0.397. The van der Waals surface area contributed by atoms with E-state index in [4.69, 9.17) is 4.74 Å². The Morgan fingerprint density at radius 2 is 1.82 bits per heavy atom. The van der Waals surface area contributed by atoms with Crippen molar-refractivity contribution >= 4 is 27.4 Å². The first-order chi connectivity index (χ1) is 13.1. The number of carbonyl (C=O) groups excluding carboxylic acids is 1. The number of sulfonamides is 1. The first-order valence-corrected chi connectivity index (χ1v) is 10.0. The fourth-order valence-corrected chi connectivity index (χ4v) is 4.67. The fraction of sp³-hybridized carbons (Fsp3) is 0.316. The van der Waals surface area contributed by atoms with Crippen LogP contribution in [0.25, 0.3) is 0 Å². The third kappa shape index (κ3) is 3.99. The number of nitro groups is 1. The average molecular weight is 406 g/mol. The lowest BCUT2D eigenvalue weighted by molar-refractivity contribution is -0.384. The molecular formula is C19H22N2O6S. The maximum Gasteiger partial charge on any atom is 0.329 e. The number of para-hydroxylation sites is 1. The van der Waals surface area contributed by atoms with Gasteiger partial charge < -0.3 is 4.74 Å². The molecule has 2 aromatic carbocycles. The van der Waals surface area contributed by atoms with Gasteiger partial charge in [0.05, 0.1) is 22.6 Å². The molecule has 0 saturated carbocycles. The molecule has 1 atom stereocenters. The predicted octanol–water partition coefficient (Wildman–Crippen LogP) is 3.22.